The highest BCUT2D eigenvalue weighted by Crippen LogP contribution is 2.29. The summed E-state index contributed by atoms with van der Waals surface area (Å²) in [6.07, 6.45) is 1.02. The van der Waals surface area contributed by atoms with Gasteiger partial charge in [-0.2, -0.15) is 0 Å². The number of cyclic esters (lactones) is 1. The molecule has 2 atom stereocenters. The van der Waals surface area contributed by atoms with Gasteiger partial charge in [0.1, 0.15) is 11.0 Å². The van der Waals surface area contributed by atoms with Gasteiger partial charge in [0.05, 0.1) is 31.8 Å². The molecule has 1 aromatic carbocycles. The number of amides is 3. The number of hydrogen-bond acceptors (Lipinski definition) is 9. The lowest BCUT2D eigenvalue weighted by molar-refractivity contribution is -0.150. The smallest absolute Gasteiger partial charge is 0.414 e. The first kappa shape index (κ1) is 23.5. The molecule has 2 aliphatic rings. The number of nitrogens with zero attached hydrogens (tertiary/aromatic N) is 3. The predicted octanol–water partition coefficient (Wildman–Crippen LogP) is 1.79. The van der Waals surface area contributed by atoms with E-state index in [1.54, 1.807) is 36.1 Å². The lowest BCUT2D eigenvalue weighted by Crippen LogP contribution is -2.41. The highest BCUT2D eigenvalue weighted by atomic mass is 32.1. The molecule has 2 aromatic rings. The molecule has 12 heteroatoms. The van der Waals surface area contributed by atoms with Crippen LogP contribution in [0.2, 0.25) is 0 Å². The first-order valence-corrected chi connectivity index (χ1v) is 11.7. The van der Waals surface area contributed by atoms with E-state index in [-0.39, 0.29) is 37.3 Å². The third kappa shape index (κ3) is 5.11. The molecule has 34 heavy (non-hydrogen) atoms. The first-order chi connectivity index (χ1) is 16.4. The van der Waals surface area contributed by atoms with Crippen molar-refractivity contribution >= 4 is 51.7 Å². The molecule has 3 N–H and O–H groups in total. The number of benzene rings is 1. The molecule has 180 valence electrons. The number of thiazole rings is 1. The SMILES string of the molecule is CCOC(=O)C1CCN(c2ccc(N3C[C@H](CNC(=O)c4cnc(N)s4)OC3=O)cc2)C(=O)C1. The van der Waals surface area contributed by atoms with Crippen LogP contribution in [-0.2, 0) is 19.1 Å². The molecule has 1 aromatic heterocycles. The van der Waals surface area contributed by atoms with Gasteiger partial charge >= 0.3 is 12.1 Å². The van der Waals surface area contributed by atoms with E-state index < -0.39 is 18.1 Å². The number of piperidine rings is 1. The molecule has 2 saturated heterocycles. The number of rotatable bonds is 7. The molecule has 2 aliphatic heterocycles. The lowest BCUT2D eigenvalue weighted by Gasteiger charge is -2.31. The topological polar surface area (TPSA) is 144 Å². The summed E-state index contributed by atoms with van der Waals surface area (Å²) in [5.74, 6) is -1.21. The Morgan fingerprint density at radius 3 is 2.56 bits per heavy atom. The molecule has 0 aliphatic carbocycles. The zero-order valence-corrected chi connectivity index (χ0v) is 19.4. The minimum atomic E-state index is -0.514. The fourth-order valence-electron chi connectivity index (χ4n) is 3.90. The summed E-state index contributed by atoms with van der Waals surface area (Å²) in [7, 11) is 0. The van der Waals surface area contributed by atoms with Crippen molar-refractivity contribution in [1.82, 2.24) is 10.3 Å². The number of anilines is 3. The number of carbonyl (C=O) groups excluding carboxylic acids is 4. The molecule has 4 rings (SSSR count). The van der Waals surface area contributed by atoms with Crippen molar-refractivity contribution in [3.63, 3.8) is 0 Å². The van der Waals surface area contributed by atoms with E-state index in [0.717, 1.165) is 11.3 Å². The van der Waals surface area contributed by atoms with E-state index in [9.17, 15) is 19.2 Å². The quantitative estimate of drug-likeness (QED) is 0.563. The van der Waals surface area contributed by atoms with E-state index in [1.165, 1.54) is 11.1 Å². The zero-order valence-electron chi connectivity index (χ0n) is 18.6. The van der Waals surface area contributed by atoms with Gasteiger partial charge in [0.15, 0.2) is 5.13 Å². The number of esters is 1. The van der Waals surface area contributed by atoms with Crippen molar-refractivity contribution < 1.29 is 28.7 Å². The van der Waals surface area contributed by atoms with Gasteiger partial charge in [0, 0.05) is 24.3 Å². The molecule has 3 amide bonds. The van der Waals surface area contributed by atoms with E-state index in [2.05, 4.69) is 10.3 Å². The van der Waals surface area contributed by atoms with Gasteiger partial charge in [-0.1, -0.05) is 11.3 Å². The maximum atomic E-state index is 12.6. The van der Waals surface area contributed by atoms with Crippen LogP contribution >= 0.6 is 11.3 Å². The van der Waals surface area contributed by atoms with E-state index >= 15 is 0 Å². The molecule has 0 bridgehead atoms. The standard InChI is InChI=1S/C22H25N5O6S/c1-2-32-20(30)13-7-8-26(18(28)9-13)14-3-5-15(6-4-14)27-12-16(33-22(27)31)10-24-19(29)17-11-25-21(23)34-17/h3-6,11,13,16H,2,7-10,12H2,1H3,(H2,23,25)(H,24,29)/t13?,16-/m0/s1. The van der Waals surface area contributed by atoms with Crippen molar-refractivity contribution in [2.75, 3.05) is 41.8 Å². The minimum absolute atomic E-state index is 0.112. The molecule has 0 radical (unpaired) electrons. The Hall–Kier alpha value is -3.67. The van der Waals surface area contributed by atoms with Crippen LogP contribution in [0, 0.1) is 5.92 Å². The van der Waals surface area contributed by atoms with Crippen molar-refractivity contribution in [1.29, 1.82) is 0 Å². The minimum Gasteiger partial charge on any atom is -0.466 e. The normalized spacial score (nSPS) is 20.3. The maximum absolute atomic E-state index is 12.6. The zero-order chi connectivity index (χ0) is 24.2. The predicted molar refractivity (Wildman–Crippen MR) is 125 cm³/mol. The molecular formula is C22H25N5O6S. The molecule has 0 spiro atoms. The highest BCUT2D eigenvalue weighted by molar-refractivity contribution is 7.17. The molecule has 0 saturated carbocycles. The monoisotopic (exact) mass is 487 g/mol. The Labute approximate surface area is 199 Å². The molecular weight excluding hydrogens is 462 g/mol. The van der Waals surface area contributed by atoms with E-state index in [0.29, 0.717) is 41.0 Å². The largest absolute Gasteiger partial charge is 0.466 e. The lowest BCUT2D eigenvalue weighted by atomic mass is 9.96. The fourth-order valence-corrected chi connectivity index (χ4v) is 4.51. The van der Waals surface area contributed by atoms with Crippen LogP contribution in [0.25, 0.3) is 0 Å². The van der Waals surface area contributed by atoms with Crippen molar-refractivity contribution in [3.8, 4) is 0 Å². The average molecular weight is 488 g/mol. The Bertz CT molecular complexity index is 1090. The second kappa shape index (κ2) is 10.1. The van der Waals surface area contributed by atoms with E-state index in [4.69, 9.17) is 15.2 Å². The Morgan fingerprint density at radius 1 is 1.24 bits per heavy atom. The summed E-state index contributed by atoms with van der Waals surface area (Å²) in [6.45, 7) is 2.88. The Morgan fingerprint density at radius 2 is 1.94 bits per heavy atom. The van der Waals surface area contributed by atoms with Crippen molar-refractivity contribution in [2.24, 2.45) is 5.92 Å². The number of hydrogen-bond donors (Lipinski definition) is 2. The number of carbonyl (C=O) groups is 4. The number of nitrogens with one attached hydrogen (secondary N) is 1. The Kier molecular flexibility index (Phi) is 6.96. The average Bonchev–Trinajstić information content (AvgIpc) is 3.43. The first-order valence-electron chi connectivity index (χ1n) is 10.9. The van der Waals surface area contributed by atoms with E-state index in [1.807, 2.05) is 0 Å². The van der Waals surface area contributed by atoms with Gasteiger partial charge in [0.2, 0.25) is 5.91 Å². The second-order valence-corrected chi connectivity index (χ2v) is 8.95. The third-order valence-electron chi connectivity index (χ3n) is 5.63. The van der Waals surface area contributed by atoms with Crippen LogP contribution in [0.1, 0.15) is 29.4 Å². The molecule has 3 heterocycles. The van der Waals surface area contributed by atoms with Crippen LogP contribution in [0.5, 0.6) is 0 Å². The third-order valence-corrected chi connectivity index (χ3v) is 6.45. The van der Waals surface area contributed by atoms with Gasteiger partial charge in [-0.3, -0.25) is 19.3 Å². The Balaban J connectivity index is 1.32. The number of ether oxygens (including phenoxy) is 2. The summed E-state index contributed by atoms with van der Waals surface area (Å²) >= 11 is 1.08. The maximum Gasteiger partial charge on any atom is 0.414 e. The van der Waals surface area contributed by atoms with Gasteiger partial charge < -0.3 is 25.4 Å². The van der Waals surface area contributed by atoms with Gasteiger partial charge in [-0.25, -0.2) is 9.78 Å². The van der Waals surface area contributed by atoms with Crippen LogP contribution in [0.15, 0.2) is 30.5 Å². The fraction of sp³-hybridized carbons (Fsp3) is 0.409. The molecule has 1 unspecified atom stereocenters. The van der Waals surface area contributed by atoms with Crippen LogP contribution < -0.4 is 20.9 Å². The summed E-state index contributed by atoms with van der Waals surface area (Å²) in [4.78, 5) is 56.3. The van der Waals surface area contributed by atoms with Gasteiger partial charge in [-0.15, -0.1) is 0 Å². The summed E-state index contributed by atoms with van der Waals surface area (Å²) in [5, 5.41) is 3.02. The highest BCUT2D eigenvalue weighted by Gasteiger charge is 2.34. The van der Waals surface area contributed by atoms with Crippen LogP contribution in [0.4, 0.5) is 21.3 Å². The van der Waals surface area contributed by atoms with Gasteiger partial charge in [-0.05, 0) is 37.6 Å². The van der Waals surface area contributed by atoms with Crippen molar-refractivity contribution in [2.45, 2.75) is 25.9 Å². The summed E-state index contributed by atoms with van der Waals surface area (Å²) < 4.78 is 10.4. The molecule has 2 fully saturated rings. The summed E-state index contributed by atoms with van der Waals surface area (Å²) in [6, 6.07) is 6.99. The number of nitrogens with two attached hydrogens (primary N) is 1. The van der Waals surface area contributed by atoms with Crippen LogP contribution in [-0.4, -0.2) is 61.2 Å². The molecule has 11 nitrogen and oxygen atoms in total. The summed E-state index contributed by atoms with van der Waals surface area (Å²) in [5.41, 5.74) is 6.85. The van der Waals surface area contributed by atoms with Crippen LogP contribution in [0.3, 0.4) is 0 Å². The van der Waals surface area contributed by atoms with Gasteiger partial charge in [0.25, 0.3) is 5.91 Å². The number of aromatic nitrogens is 1. The van der Waals surface area contributed by atoms with Crippen molar-refractivity contribution in [3.05, 3.63) is 35.3 Å². The number of nitrogen functional groups attached to an aromatic ring is 1. The second-order valence-electron chi connectivity index (χ2n) is 7.89.